The minimum atomic E-state index is -0.608. The Balaban J connectivity index is 2.45. The van der Waals surface area contributed by atoms with E-state index in [1.807, 2.05) is 37.3 Å². The van der Waals surface area contributed by atoms with Gasteiger partial charge in [0.1, 0.15) is 5.82 Å². The van der Waals surface area contributed by atoms with E-state index in [1.165, 1.54) is 0 Å². The molecule has 0 radical (unpaired) electrons. The summed E-state index contributed by atoms with van der Waals surface area (Å²) in [7, 11) is 1.64. The molecule has 20 heavy (non-hydrogen) atoms. The molecule has 0 aliphatic carbocycles. The molecule has 0 spiro atoms. The Morgan fingerprint density at radius 3 is 2.70 bits per heavy atom. The highest BCUT2D eigenvalue weighted by molar-refractivity contribution is 5.88. The standard InChI is InChI=1S/C14H18N4O2/c1-10-12(8-9-20-2)17-18(13(10)16-14(15)19)11-6-4-3-5-7-11/h3-7H,8-9H2,1-2H3,(H3,15,16,19). The Labute approximate surface area is 117 Å². The molecular weight excluding hydrogens is 256 g/mol. The van der Waals surface area contributed by atoms with Gasteiger partial charge in [-0.2, -0.15) is 5.10 Å². The summed E-state index contributed by atoms with van der Waals surface area (Å²) in [6.07, 6.45) is 0.676. The second-order valence-corrected chi connectivity index (χ2v) is 4.40. The second kappa shape index (κ2) is 6.21. The molecule has 3 N–H and O–H groups in total. The largest absolute Gasteiger partial charge is 0.384 e. The highest BCUT2D eigenvalue weighted by atomic mass is 16.5. The third kappa shape index (κ3) is 2.97. The summed E-state index contributed by atoms with van der Waals surface area (Å²) in [5.41, 5.74) is 7.87. The first-order valence-corrected chi connectivity index (χ1v) is 6.32. The number of para-hydroxylation sites is 1. The molecule has 6 heteroatoms. The zero-order chi connectivity index (χ0) is 14.5. The van der Waals surface area contributed by atoms with Gasteiger partial charge in [0.05, 0.1) is 18.0 Å². The van der Waals surface area contributed by atoms with Gasteiger partial charge in [-0.25, -0.2) is 9.48 Å². The molecule has 2 rings (SSSR count). The highest BCUT2D eigenvalue weighted by Crippen LogP contribution is 2.23. The lowest BCUT2D eigenvalue weighted by molar-refractivity contribution is 0.201. The fourth-order valence-corrected chi connectivity index (χ4v) is 2.00. The van der Waals surface area contributed by atoms with Crippen LogP contribution >= 0.6 is 0 Å². The molecule has 0 fully saturated rings. The molecule has 1 aromatic heterocycles. The number of primary amides is 1. The number of anilines is 1. The lowest BCUT2D eigenvalue weighted by Gasteiger charge is -2.07. The van der Waals surface area contributed by atoms with Crippen molar-refractivity contribution in [3.05, 3.63) is 41.6 Å². The Morgan fingerprint density at radius 1 is 1.40 bits per heavy atom. The van der Waals surface area contributed by atoms with E-state index in [9.17, 15) is 4.79 Å². The van der Waals surface area contributed by atoms with Crippen LogP contribution in [0, 0.1) is 6.92 Å². The molecular formula is C14H18N4O2. The van der Waals surface area contributed by atoms with Crippen LogP contribution in [0.5, 0.6) is 0 Å². The second-order valence-electron chi connectivity index (χ2n) is 4.40. The number of hydrogen-bond donors (Lipinski definition) is 2. The van der Waals surface area contributed by atoms with Gasteiger partial charge in [-0.3, -0.25) is 5.32 Å². The zero-order valence-electron chi connectivity index (χ0n) is 11.6. The molecule has 0 aliphatic rings. The van der Waals surface area contributed by atoms with Crippen LogP contribution in [-0.4, -0.2) is 29.5 Å². The number of rotatable bonds is 5. The predicted octanol–water partition coefficient (Wildman–Crippen LogP) is 1.86. The Bertz CT molecular complexity index is 593. The van der Waals surface area contributed by atoms with Crippen LogP contribution < -0.4 is 11.1 Å². The molecule has 6 nitrogen and oxygen atoms in total. The number of nitrogens with zero attached hydrogens (tertiary/aromatic N) is 2. The van der Waals surface area contributed by atoms with Gasteiger partial charge in [0.25, 0.3) is 0 Å². The maximum absolute atomic E-state index is 11.2. The van der Waals surface area contributed by atoms with Crippen molar-refractivity contribution in [2.24, 2.45) is 5.73 Å². The molecule has 0 saturated carbocycles. The Morgan fingerprint density at radius 2 is 2.10 bits per heavy atom. The number of aromatic nitrogens is 2. The van der Waals surface area contributed by atoms with Crippen molar-refractivity contribution in [1.29, 1.82) is 0 Å². The number of amides is 2. The first kappa shape index (κ1) is 14.1. The SMILES string of the molecule is COCCc1nn(-c2ccccc2)c(NC(N)=O)c1C. The third-order valence-corrected chi connectivity index (χ3v) is 3.01. The summed E-state index contributed by atoms with van der Waals surface area (Å²) >= 11 is 0. The number of nitrogens with one attached hydrogen (secondary N) is 1. The summed E-state index contributed by atoms with van der Waals surface area (Å²) in [6.45, 7) is 2.48. The van der Waals surface area contributed by atoms with Crippen molar-refractivity contribution in [3.63, 3.8) is 0 Å². The molecule has 0 saturated heterocycles. The average molecular weight is 274 g/mol. The number of hydrogen-bond acceptors (Lipinski definition) is 3. The van der Waals surface area contributed by atoms with Crippen molar-refractivity contribution < 1.29 is 9.53 Å². The van der Waals surface area contributed by atoms with E-state index in [4.69, 9.17) is 10.5 Å². The Kier molecular flexibility index (Phi) is 4.37. The lowest BCUT2D eigenvalue weighted by atomic mass is 10.2. The first-order valence-electron chi connectivity index (χ1n) is 6.32. The van der Waals surface area contributed by atoms with Gasteiger partial charge in [0.15, 0.2) is 0 Å². The number of nitrogens with two attached hydrogens (primary N) is 1. The Hall–Kier alpha value is -2.34. The van der Waals surface area contributed by atoms with Crippen molar-refractivity contribution in [1.82, 2.24) is 9.78 Å². The topological polar surface area (TPSA) is 82.2 Å². The summed E-state index contributed by atoms with van der Waals surface area (Å²) in [5.74, 6) is 0.592. The summed E-state index contributed by atoms with van der Waals surface area (Å²) < 4.78 is 6.76. The van der Waals surface area contributed by atoms with Crippen LogP contribution in [0.25, 0.3) is 5.69 Å². The maximum atomic E-state index is 11.2. The molecule has 0 aliphatic heterocycles. The molecule has 2 amide bonds. The minimum absolute atomic E-state index is 0.572. The van der Waals surface area contributed by atoms with E-state index in [0.717, 1.165) is 16.9 Å². The van der Waals surface area contributed by atoms with Crippen molar-refractivity contribution in [2.45, 2.75) is 13.3 Å². The quantitative estimate of drug-likeness (QED) is 0.873. The fourth-order valence-electron chi connectivity index (χ4n) is 2.00. The van der Waals surface area contributed by atoms with Crippen molar-refractivity contribution in [3.8, 4) is 5.69 Å². The van der Waals surface area contributed by atoms with Crippen LogP contribution in [0.1, 0.15) is 11.3 Å². The van der Waals surface area contributed by atoms with Crippen LogP contribution in [0.3, 0.4) is 0 Å². The van der Waals surface area contributed by atoms with Gasteiger partial charge in [0.2, 0.25) is 0 Å². The van der Waals surface area contributed by atoms with E-state index in [1.54, 1.807) is 11.8 Å². The predicted molar refractivity (Wildman–Crippen MR) is 77.1 cm³/mol. The molecule has 0 bridgehead atoms. The normalized spacial score (nSPS) is 10.5. The maximum Gasteiger partial charge on any atom is 0.317 e. The number of urea groups is 1. The monoisotopic (exact) mass is 274 g/mol. The number of benzene rings is 1. The first-order chi connectivity index (χ1) is 9.63. The van der Waals surface area contributed by atoms with Gasteiger partial charge in [-0.05, 0) is 19.1 Å². The highest BCUT2D eigenvalue weighted by Gasteiger charge is 2.16. The fraction of sp³-hybridized carbons (Fsp3) is 0.286. The van der Waals surface area contributed by atoms with E-state index >= 15 is 0 Å². The number of ether oxygens (including phenoxy) is 1. The summed E-state index contributed by atoms with van der Waals surface area (Å²) in [6, 6.07) is 8.97. The van der Waals surface area contributed by atoms with Gasteiger partial charge in [-0.1, -0.05) is 18.2 Å². The van der Waals surface area contributed by atoms with Gasteiger partial charge in [0, 0.05) is 19.1 Å². The number of carbonyl (C=O) groups excluding carboxylic acids is 1. The lowest BCUT2D eigenvalue weighted by Crippen LogP contribution is -2.21. The molecule has 2 aromatic rings. The van der Waals surface area contributed by atoms with Gasteiger partial charge >= 0.3 is 6.03 Å². The van der Waals surface area contributed by atoms with Crippen LogP contribution in [-0.2, 0) is 11.2 Å². The van der Waals surface area contributed by atoms with Crippen LogP contribution in [0.4, 0.5) is 10.6 Å². The van der Waals surface area contributed by atoms with E-state index in [2.05, 4.69) is 10.4 Å². The molecule has 106 valence electrons. The zero-order valence-corrected chi connectivity index (χ0v) is 11.6. The molecule has 1 heterocycles. The number of carbonyl (C=O) groups is 1. The van der Waals surface area contributed by atoms with E-state index in [0.29, 0.717) is 18.8 Å². The molecule has 0 atom stereocenters. The smallest absolute Gasteiger partial charge is 0.317 e. The van der Waals surface area contributed by atoms with Crippen LogP contribution in [0.2, 0.25) is 0 Å². The van der Waals surface area contributed by atoms with Gasteiger partial charge in [-0.15, -0.1) is 0 Å². The van der Waals surface area contributed by atoms with Crippen LogP contribution in [0.15, 0.2) is 30.3 Å². The molecule has 0 unspecified atom stereocenters. The van der Waals surface area contributed by atoms with E-state index in [-0.39, 0.29) is 0 Å². The third-order valence-electron chi connectivity index (χ3n) is 3.01. The number of methoxy groups -OCH3 is 1. The summed E-state index contributed by atoms with van der Waals surface area (Å²) in [5, 5.41) is 7.17. The average Bonchev–Trinajstić information content (AvgIpc) is 2.74. The van der Waals surface area contributed by atoms with Crippen molar-refractivity contribution in [2.75, 3.05) is 19.0 Å². The van der Waals surface area contributed by atoms with Gasteiger partial charge < -0.3 is 10.5 Å². The van der Waals surface area contributed by atoms with Crippen molar-refractivity contribution >= 4 is 11.8 Å². The minimum Gasteiger partial charge on any atom is -0.384 e. The summed E-state index contributed by atoms with van der Waals surface area (Å²) in [4.78, 5) is 11.2. The molecule has 1 aromatic carbocycles. The van der Waals surface area contributed by atoms with E-state index < -0.39 is 6.03 Å².